The predicted molar refractivity (Wildman–Crippen MR) is 101 cm³/mol. The van der Waals surface area contributed by atoms with Gasteiger partial charge in [0, 0.05) is 6.08 Å². The second-order valence-corrected chi connectivity index (χ2v) is 5.47. The smallest absolute Gasteiger partial charge is 0.330 e. The van der Waals surface area contributed by atoms with Gasteiger partial charge in [0.25, 0.3) is 0 Å². The summed E-state index contributed by atoms with van der Waals surface area (Å²) < 4.78 is 21.2. The van der Waals surface area contributed by atoms with Crippen LogP contribution in [0.4, 0.5) is 0 Å². The summed E-state index contributed by atoms with van der Waals surface area (Å²) in [6.07, 6.45) is 2.94. The molecule has 0 saturated heterocycles. The number of nitrogens with zero attached hydrogens (tertiary/aromatic N) is 1. The van der Waals surface area contributed by atoms with Crippen molar-refractivity contribution in [2.75, 3.05) is 26.9 Å². The van der Waals surface area contributed by atoms with Gasteiger partial charge in [0.1, 0.15) is 25.0 Å². The highest BCUT2D eigenvalue weighted by molar-refractivity contribution is 5.87. The number of aryl methyl sites for hydroxylation is 1. The molecule has 2 aromatic carbocycles. The zero-order valence-electron chi connectivity index (χ0n) is 15.3. The highest BCUT2D eigenvalue weighted by atomic mass is 16.6. The van der Waals surface area contributed by atoms with Gasteiger partial charge in [0.15, 0.2) is 18.1 Å². The molecular formula is C21H21NO5. The molecule has 0 radical (unpaired) electrons. The Hall–Kier alpha value is -3.46. The SMILES string of the molecule is COc1cc(/C=C/C(=O)OCCOc2ccccc2C)ccc1OCC#N. The summed E-state index contributed by atoms with van der Waals surface area (Å²) in [5, 5.41) is 8.57. The van der Waals surface area contributed by atoms with Gasteiger partial charge >= 0.3 is 5.97 Å². The first-order chi connectivity index (χ1) is 13.1. The highest BCUT2D eigenvalue weighted by Crippen LogP contribution is 2.28. The maximum Gasteiger partial charge on any atom is 0.330 e. The molecule has 0 aromatic heterocycles. The molecule has 0 aliphatic heterocycles. The summed E-state index contributed by atoms with van der Waals surface area (Å²) in [6, 6.07) is 14.7. The van der Waals surface area contributed by atoms with Crippen molar-refractivity contribution >= 4 is 12.0 Å². The minimum atomic E-state index is -0.466. The lowest BCUT2D eigenvalue weighted by atomic mass is 10.2. The Labute approximate surface area is 158 Å². The Kier molecular flexibility index (Phi) is 7.73. The Bertz CT molecular complexity index is 839. The van der Waals surface area contributed by atoms with Crippen LogP contribution in [-0.4, -0.2) is 32.9 Å². The number of esters is 1. The molecule has 0 N–H and O–H groups in total. The van der Waals surface area contributed by atoms with Gasteiger partial charge in [-0.25, -0.2) is 4.79 Å². The lowest BCUT2D eigenvalue weighted by Gasteiger charge is -2.09. The summed E-state index contributed by atoms with van der Waals surface area (Å²) in [4.78, 5) is 11.8. The van der Waals surface area contributed by atoms with Crippen molar-refractivity contribution in [3.05, 3.63) is 59.7 Å². The number of para-hydroxylation sites is 1. The number of carbonyl (C=O) groups excluding carboxylic acids is 1. The highest BCUT2D eigenvalue weighted by Gasteiger charge is 2.05. The molecule has 0 aliphatic rings. The van der Waals surface area contributed by atoms with Gasteiger partial charge in [0.2, 0.25) is 0 Å². The average Bonchev–Trinajstić information content (AvgIpc) is 2.69. The van der Waals surface area contributed by atoms with Gasteiger partial charge in [-0.05, 0) is 42.3 Å². The number of benzene rings is 2. The fourth-order valence-corrected chi connectivity index (χ4v) is 2.24. The number of rotatable bonds is 9. The average molecular weight is 367 g/mol. The standard InChI is InChI=1S/C21H21NO5/c1-16-5-3-4-6-18(16)26-13-14-27-21(23)10-8-17-7-9-19(25-12-11-22)20(15-17)24-2/h3-10,15H,12-14H2,1-2H3/b10-8+. The Morgan fingerprint density at radius 2 is 1.89 bits per heavy atom. The van der Waals surface area contributed by atoms with Crippen molar-refractivity contribution in [2.24, 2.45) is 0 Å². The van der Waals surface area contributed by atoms with E-state index in [9.17, 15) is 4.79 Å². The second-order valence-electron chi connectivity index (χ2n) is 5.47. The van der Waals surface area contributed by atoms with Crippen LogP contribution in [0.2, 0.25) is 0 Å². The van der Waals surface area contributed by atoms with Crippen LogP contribution >= 0.6 is 0 Å². The summed E-state index contributed by atoms with van der Waals surface area (Å²) in [5.74, 6) is 1.25. The van der Waals surface area contributed by atoms with E-state index in [0.717, 1.165) is 16.9 Å². The molecule has 0 atom stereocenters. The summed E-state index contributed by atoms with van der Waals surface area (Å²) in [6.45, 7) is 2.32. The van der Waals surface area contributed by atoms with Crippen LogP contribution in [0, 0.1) is 18.3 Å². The zero-order chi connectivity index (χ0) is 19.5. The fourth-order valence-electron chi connectivity index (χ4n) is 2.24. The molecule has 0 unspecified atom stereocenters. The summed E-state index contributed by atoms with van der Waals surface area (Å²) in [7, 11) is 1.50. The normalized spacial score (nSPS) is 10.3. The third kappa shape index (κ3) is 6.40. The number of hydrogen-bond acceptors (Lipinski definition) is 6. The molecule has 0 saturated carbocycles. The molecule has 6 heteroatoms. The third-order valence-corrected chi connectivity index (χ3v) is 3.57. The van der Waals surface area contributed by atoms with E-state index in [2.05, 4.69) is 0 Å². The molecule has 0 fully saturated rings. The van der Waals surface area contributed by atoms with Gasteiger partial charge in [-0.1, -0.05) is 24.3 Å². The number of ether oxygens (including phenoxy) is 4. The number of nitriles is 1. The molecule has 2 rings (SSSR count). The van der Waals surface area contributed by atoms with Gasteiger partial charge in [-0.3, -0.25) is 0 Å². The van der Waals surface area contributed by atoms with E-state index in [-0.39, 0.29) is 19.8 Å². The zero-order valence-corrected chi connectivity index (χ0v) is 15.3. The minimum Gasteiger partial charge on any atom is -0.493 e. The Morgan fingerprint density at radius 3 is 2.63 bits per heavy atom. The first-order valence-electron chi connectivity index (χ1n) is 8.35. The second kappa shape index (κ2) is 10.5. The first-order valence-corrected chi connectivity index (χ1v) is 8.35. The molecular weight excluding hydrogens is 346 g/mol. The molecule has 27 heavy (non-hydrogen) atoms. The first kappa shape index (κ1) is 19.9. The van der Waals surface area contributed by atoms with Gasteiger partial charge in [-0.15, -0.1) is 0 Å². The van der Waals surface area contributed by atoms with Crippen LogP contribution in [0.3, 0.4) is 0 Å². The van der Waals surface area contributed by atoms with Crippen molar-refractivity contribution < 1.29 is 23.7 Å². The van der Waals surface area contributed by atoms with Crippen molar-refractivity contribution in [3.63, 3.8) is 0 Å². The monoisotopic (exact) mass is 367 g/mol. The van der Waals surface area contributed by atoms with Crippen molar-refractivity contribution in [1.82, 2.24) is 0 Å². The summed E-state index contributed by atoms with van der Waals surface area (Å²) in [5.41, 5.74) is 1.77. The molecule has 140 valence electrons. The summed E-state index contributed by atoms with van der Waals surface area (Å²) >= 11 is 0. The van der Waals surface area contributed by atoms with E-state index < -0.39 is 5.97 Å². The lowest BCUT2D eigenvalue weighted by Crippen LogP contribution is -2.10. The third-order valence-electron chi connectivity index (χ3n) is 3.57. The molecule has 6 nitrogen and oxygen atoms in total. The Morgan fingerprint density at radius 1 is 1.07 bits per heavy atom. The van der Waals surface area contributed by atoms with Crippen LogP contribution in [-0.2, 0) is 9.53 Å². The van der Waals surface area contributed by atoms with Crippen LogP contribution in [0.15, 0.2) is 48.5 Å². The van der Waals surface area contributed by atoms with Crippen LogP contribution in [0.5, 0.6) is 17.2 Å². The minimum absolute atomic E-state index is 0.0670. The maximum atomic E-state index is 11.8. The van der Waals surface area contributed by atoms with Crippen molar-refractivity contribution in [1.29, 1.82) is 5.26 Å². The molecule has 0 bridgehead atoms. The van der Waals surface area contributed by atoms with Gasteiger partial charge < -0.3 is 18.9 Å². The molecule has 2 aromatic rings. The van der Waals surface area contributed by atoms with E-state index in [0.29, 0.717) is 11.5 Å². The molecule has 0 aliphatic carbocycles. The predicted octanol–water partition coefficient (Wildman–Crippen LogP) is 3.54. The van der Waals surface area contributed by atoms with Crippen LogP contribution < -0.4 is 14.2 Å². The largest absolute Gasteiger partial charge is 0.493 e. The fraction of sp³-hybridized carbons (Fsp3) is 0.238. The molecule has 0 spiro atoms. The number of hydrogen-bond donors (Lipinski definition) is 0. The van der Waals surface area contributed by atoms with Crippen LogP contribution in [0.1, 0.15) is 11.1 Å². The molecule has 0 amide bonds. The van der Waals surface area contributed by atoms with Gasteiger partial charge in [-0.2, -0.15) is 5.26 Å². The van der Waals surface area contributed by atoms with Crippen molar-refractivity contribution in [3.8, 4) is 23.3 Å². The molecule has 0 heterocycles. The van der Waals surface area contributed by atoms with Gasteiger partial charge in [0.05, 0.1) is 7.11 Å². The van der Waals surface area contributed by atoms with E-state index in [1.807, 2.05) is 37.3 Å². The number of methoxy groups -OCH3 is 1. The van der Waals surface area contributed by atoms with E-state index in [4.69, 9.17) is 24.2 Å². The van der Waals surface area contributed by atoms with Crippen molar-refractivity contribution in [2.45, 2.75) is 6.92 Å². The van der Waals surface area contributed by atoms with E-state index in [1.165, 1.54) is 13.2 Å². The number of carbonyl (C=O) groups is 1. The lowest BCUT2D eigenvalue weighted by molar-refractivity contribution is -0.138. The van der Waals surface area contributed by atoms with E-state index >= 15 is 0 Å². The maximum absolute atomic E-state index is 11.8. The Balaban J connectivity index is 1.82. The van der Waals surface area contributed by atoms with E-state index in [1.54, 1.807) is 24.3 Å². The van der Waals surface area contributed by atoms with Crippen LogP contribution in [0.25, 0.3) is 6.08 Å². The quantitative estimate of drug-likeness (QED) is 0.383. The topological polar surface area (TPSA) is 77.8 Å².